The Morgan fingerprint density at radius 2 is 1.15 bits per heavy atom. The van der Waals surface area contributed by atoms with Crippen molar-refractivity contribution < 1.29 is 112 Å². The van der Waals surface area contributed by atoms with Gasteiger partial charge in [-0.15, -0.1) is 0 Å². The van der Waals surface area contributed by atoms with E-state index >= 15 is 0 Å². The minimum atomic E-state index is -5.66. The number of hydroxylamine groups is 2. The SMILES string of the molecule is CCCN(OCC)C(=O)C1=Cc2ccc(-c3ccc(C(=O)N4CC[C@H](O)C4C(=O)NCCOCCOCCOCCOCCOCCOCCOCCOCCOCCOCCC(=O)Oc4c(F)c(F)c(S(=O)(=O)O)c(F)c4F)cc3)cc2N=C(N)C1. The van der Waals surface area contributed by atoms with Crippen LogP contribution in [0.15, 0.2) is 57.9 Å². The van der Waals surface area contributed by atoms with Gasteiger partial charge in [0.05, 0.1) is 157 Å². The van der Waals surface area contributed by atoms with Gasteiger partial charge in [0.1, 0.15) is 11.9 Å². The Hall–Kier alpha value is -6.10. The third-order valence-corrected chi connectivity index (χ3v) is 13.4. The molecule has 87 heavy (non-hydrogen) atoms. The number of amidine groups is 1. The first-order valence-electron chi connectivity index (χ1n) is 28.3. The highest BCUT2D eigenvalue weighted by atomic mass is 32.2. The van der Waals surface area contributed by atoms with Gasteiger partial charge in [-0.1, -0.05) is 31.2 Å². The number of carbonyl (C=O) groups excluding carboxylic acids is 4. The van der Waals surface area contributed by atoms with Crippen molar-refractivity contribution in [2.45, 2.75) is 56.6 Å². The molecule has 5 rings (SSSR count). The minimum Gasteiger partial charge on any atom is -0.420 e. The highest BCUT2D eigenvalue weighted by Gasteiger charge is 2.41. The van der Waals surface area contributed by atoms with Gasteiger partial charge >= 0.3 is 16.1 Å². The number of aliphatic hydroxyl groups is 1. The third-order valence-electron chi connectivity index (χ3n) is 12.6. The lowest BCUT2D eigenvalue weighted by atomic mass is 9.99. The van der Waals surface area contributed by atoms with E-state index in [0.29, 0.717) is 122 Å². The summed E-state index contributed by atoms with van der Waals surface area (Å²) in [5, 5.41) is 14.8. The van der Waals surface area contributed by atoms with Crippen LogP contribution >= 0.6 is 0 Å². The summed E-state index contributed by atoms with van der Waals surface area (Å²) in [6.07, 6.45) is 1.34. The molecular formula is C57H77F4N5O20S. The van der Waals surface area contributed by atoms with Crippen molar-refractivity contribution in [3.8, 4) is 16.9 Å². The van der Waals surface area contributed by atoms with Crippen LogP contribution in [0.3, 0.4) is 0 Å². The molecule has 25 nitrogen and oxygen atoms in total. The quantitative estimate of drug-likeness (QED) is 0.0118. The number of ether oxygens (including phenoxy) is 11. The number of likely N-dealkylation sites (tertiary alicyclic amines) is 1. The molecule has 484 valence electrons. The predicted octanol–water partition coefficient (Wildman–Crippen LogP) is 3.98. The standard InChI is InChI=1S/C57H77F4N5O20S/c1-3-14-66(85-4-2)57(71)43-36-42-10-9-41(37-44(42)64-46(62)38-43)39-5-7-40(8-6-39)56(70)65-15-11-45(67)52(65)55(69)63-13-17-76-19-21-78-23-25-80-27-29-82-31-33-84-35-34-83-32-30-81-28-26-79-24-22-77-20-18-75-16-12-47(68)86-53-48(58)50(60)54(87(72,73)74)51(61)49(53)59/h5-10,36-37,45,52,67H,3-4,11-35,38H2,1-2H3,(H2,62,64)(H,63,69)(H,72,73,74)/t45-,52?/m0/s1. The molecule has 0 saturated carbocycles. The van der Waals surface area contributed by atoms with Gasteiger partial charge in [0.2, 0.25) is 23.3 Å². The van der Waals surface area contributed by atoms with Crippen LogP contribution in [-0.4, -0.2) is 228 Å². The van der Waals surface area contributed by atoms with Crippen molar-refractivity contribution in [2.24, 2.45) is 10.7 Å². The number of aliphatic hydroxyl groups excluding tert-OH is 1. The zero-order valence-electron chi connectivity index (χ0n) is 48.7. The molecule has 0 spiro atoms. The molecule has 0 aliphatic carbocycles. The number of nitrogens with one attached hydrogen (secondary N) is 1. The molecule has 5 N–H and O–H groups in total. The van der Waals surface area contributed by atoms with E-state index < -0.39 is 74.5 Å². The number of halogens is 4. The lowest BCUT2D eigenvalue weighted by Gasteiger charge is -2.25. The number of nitrogens with two attached hydrogens (primary N) is 1. The van der Waals surface area contributed by atoms with Crippen LogP contribution in [0.5, 0.6) is 5.75 Å². The molecule has 0 bridgehead atoms. The second-order valence-corrected chi connectivity index (χ2v) is 20.3. The lowest BCUT2D eigenvalue weighted by Crippen LogP contribution is -2.50. The Bertz CT molecular complexity index is 2800. The number of carbonyl (C=O) groups is 4. The largest absolute Gasteiger partial charge is 0.420 e. The molecular weight excluding hydrogens is 1180 g/mol. The van der Waals surface area contributed by atoms with E-state index in [9.17, 15) is 50.3 Å². The van der Waals surface area contributed by atoms with Gasteiger partial charge in [0.15, 0.2) is 16.5 Å². The second-order valence-electron chi connectivity index (χ2n) is 19.0. The maximum atomic E-state index is 14.0. The van der Waals surface area contributed by atoms with Gasteiger partial charge in [-0.05, 0) is 55.2 Å². The number of rotatable bonds is 43. The number of esters is 1. The first-order valence-corrected chi connectivity index (χ1v) is 29.7. The van der Waals surface area contributed by atoms with Crippen LogP contribution in [-0.2, 0) is 76.7 Å². The number of benzene rings is 3. The average Bonchev–Trinajstić information content (AvgIpc) is 1.45. The Labute approximate surface area is 501 Å². The van der Waals surface area contributed by atoms with Crippen LogP contribution in [0.4, 0.5) is 23.2 Å². The van der Waals surface area contributed by atoms with Crippen LogP contribution in [0.1, 0.15) is 55.5 Å². The van der Waals surface area contributed by atoms with Gasteiger partial charge in [-0.25, -0.2) is 18.8 Å². The molecule has 3 amide bonds. The topological polar surface area (TPSA) is 311 Å². The number of fused-ring (bicyclic) bond motifs is 1. The van der Waals surface area contributed by atoms with Gasteiger partial charge in [0.25, 0.3) is 11.8 Å². The van der Waals surface area contributed by atoms with Crippen molar-refractivity contribution in [3.05, 3.63) is 82.4 Å². The predicted molar refractivity (Wildman–Crippen MR) is 302 cm³/mol. The molecule has 30 heteroatoms. The Morgan fingerprint density at radius 3 is 1.62 bits per heavy atom. The van der Waals surface area contributed by atoms with Crippen molar-refractivity contribution in [1.29, 1.82) is 0 Å². The second kappa shape index (κ2) is 39.0. The zero-order valence-corrected chi connectivity index (χ0v) is 49.5. The molecule has 1 saturated heterocycles. The fourth-order valence-corrected chi connectivity index (χ4v) is 9.03. The fraction of sp³-hybridized carbons (Fsp3) is 0.561. The van der Waals surface area contributed by atoms with E-state index in [1.807, 2.05) is 32.0 Å². The van der Waals surface area contributed by atoms with E-state index in [1.165, 1.54) is 9.96 Å². The highest BCUT2D eigenvalue weighted by molar-refractivity contribution is 7.85. The number of aliphatic imine (C=N–C) groups is 1. The van der Waals surface area contributed by atoms with E-state index in [-0.39, 0.29) is 84.0 Å². The summed E-state index contributed by atoms with van der Waals surface area (Å²) < 4.78 is 145. The van der Waals surface area contributed by atoms with E-state index in [4.69, 9.17) is 62.5 Å². The summed E-state index contributed by atoms with van der Waals surface area (Å²) >= 11 is 0. The number of hydrogen-bond acceptors (Lipinski definition) is 21. The van der Waals surface area contributed by atoms with E-state index in [1.54, 1.807) is 30.3 Å². The van der Waals surface area contributed by atoms with E-state index in [0.717, 1.165) is 23.1 Å². The fourth-order valence-electron chi connectivity index (χ4n) is 8.40. The van der Waals surface area contributed by atoms with Crippen molar-refractivity contribution in [3.63, 3.8) is 0 Å². The molecule has 2 aliphatic heterocycles. The molecule has 2 atom stereocenters. The maximum Gasteiger partial charge on any atom is 0.313 e. The third kappa shape index (κ3) is 24.1. The molecule has 2 heterocycles. The molecule has 2 aliphatic rings. The Kier molecular flexibility index (Phi) is 32.1. The summed E-state index contributed by atoms with van der Waals surface area (Å²) in [6.45, 7) is 10.3. The number of hydrogen-bond donors (Lipinski definition) is 4. The van der Waals surface area contributed by atoms with Crippen LogP contribution in [0, 0.1) is 23.3 Å². The molecule has 0 radical (unpaired) electrons. The van der Waals surface area contributed by atoms with Gasteiger partial charge in [-0.3, -0.25) is 28.6 Å². The molecule has 3 aromatic rings. The van der Waals surface area contributed by atoms with Crippen LogP contribution in [0.2, 0.25) is 0 Å². The first kappa shape index (κ1) is 71.7. The summed E-state index contributed by atoms with van der Waals surface area (Å²) in [4.78, 5) is 61.3. The summed E-state index contributed by atoms with van der Waals surface area (Å²) in [7, 11) is -5.66. The minimum absolute atomic E-state index is 0.00999. The summed E-state index contributed by atoms with van der Waals surface area (Å²) in [5.74, 6) is -13.5. The maximum absolute atomic E-state index is 14.0. The first-order chi connectivity index (χ1) is 42.0. The van der Waals surface area contributed by atoms with Crippen LogP contribution in [0.25, 0.3) is 17.2 Å². The molecule has 0 aromatic heterocycles. The lowest BCUT2D eigenvalue weighted by molar-refractivity contribution is -0.180. The molecule has 1 unspecified atom stereocenters. The van der Waals surface area contributed by atoms with Gasteiger partial charge in [-0.2, -0.15) is 17.2 Å². The summed E-state index contributed by atoms with van der Waals surface area (Å²) in [6, 6.07) is 11.6. The highest BCUT2D eigenvalue weighted by Crippen LogP contribution is 2.34. The Morgan fingerprint density at radius 1 is 0.678 bits per heavy atom. The zero-order chi connectivity index (χ0) is 63.0. The van der Waals surface area contributed by atoms with Crippen molar-refractivity contribution in [1.82, 2.24) is 15.3 Å². The van der Waals surface area contributed by atoms with Crippen LogP contribution < -0.4 is 15.8 Å². The number of amides is 3. The summed E-state index contributed by atoms with van der Waals surface area (Å²) in [5.41, 5.74) is 10.1. The number of nitrogens with zero attached hydrogens (tertiary/aromatic N) is 3. The molecule has 3 aromatic carbocycles. The Balaban J connectivity index is 0.777. The monoisotopic (exact) mass is 1260 g/mol. The smallest absolute Gasteiger partial charge is 0.313 e. The normalized spacial score (nSPS) is 15.0. The van der Waals surface area contributed by atoms with Crippen molar-refractivity contribution >= 4 is 51.4 Å². The van der Waals surface area contributed by atoms with Crippen molar-refractivity contribution in [2.75, 3.05) is 158 Å². The van der Waals surface area contributed by atoms with Gasteiger partial charge < -0.3 is 73.2 Å². The van der Waals surface area contributed by atoms with E-state index in [2.05, 4.69) is 15.0 Å². The van der Waals surface area contributed by atoms with Gasteiger partial charge in [0, 0.05) is 42.8 Å². The molecule has 1 fully saturated rings. The average molecular weight is 1260 g/mol.